The normalized spacial score (nSPS) is 16.3. The van der Waals surface area contributed by atoms with Crippen molar-refractivity contribution in [3.8, 4) is 5.75 Å². The maximum Gasteiger partial charge on any atom is 0.204 e. The highest BCUT2D eigenvalue weighted by Crippen LogP contribution is 2.29. The Morgan fingerprint density at radius 1 is 1.33 bits per heavy atom. The average molecular weight is 268 g/mol. The second-order valence-corrected chi connectivity index (χ2v) is 5.52. The summed E-state index contributed by atoms with van der Waals surface area (Å²) in [6.07, 6.45) is 4.11. The Morgan fingerprint density at radius 2 is 2.06 bits per heavy atom. The first-order valence-electron chi connectivity index (χ1n) is 6.23. The predicted octanol–water partition coefficient (Wildman–Crippen LogP) is 2.08. The topological polar surface area (TPSA) is 59.1 Å². The minimum Gasteiger partial charge on any atom is -0.490 e. The highest BCUT2D eigenvalue weighted by molar-refractivity contribution is 7.99. The van der Waals surface area contributed by atoms with E-state index in [1.807, 2.05) is 18.8 Å². The fraction of sp³-hybridized carbons (Fsp3) is 0.667. The minimum absolute atomic E-state index is 0.685. The molecule has 0 saturated carbocycles. The molecule has 1 aliphatic heterocycles. The first-order valence-corrected chi connectivity index (χ1v) is 7.39. The second kappa shape index (κ2) is 6.68. The summed E-state index contributed by atoms with van der Waals surface area (Å²) in [4.78, 5) is 8.38. The molecule has 0 bridgehead atoms. The summed E-state index contributed by atoms with van der Waals surface area (Å²) in [5.41, 5.74) is 0. The maximum atomic E-state index is 5.35. The average Bonchev–Trinajstić information content (AvgIpc) is 2.45. The van der Waals surface area contributed by atoms with Gasteiger partial charge in [0.1, 0.15) is 6.33 Å². The van der Waals surface area contributed by atoms with Crippen LogP contribution >= 0.6 is 11.8 Å². The van der Waals surface area contributed by atoms with Crippen molar-refractivity contribution >= 4 is 23.4 Å². The van der Waals surface area contributed by atoms with Crippen molar-refractivity contribution in [2.75, 3.05) is 42.8 Å². The molecule has 0 spiro atoms. The van der Waals surface area contributed by atoms with Crippen LogP contribution in [0.5, 0.6) is 5.75 Å². The van der Waals surface area contributed by atoms with Gasteiger partial charge in [0.2, 0.25) is 5.75 Å². The fourth-order valence-corrected chi connectivity index (χ4v) is 3.27. The Bertz CT molecular complexity index is 382. The highest BCUT2D eigenvalue weighted by Gasteiger charge is 2.16. The van der Waals surface area contributed by atoms with Crippen LogP contribution in [0, 0.1) is 5.92 Å². The van der Waals surface area contributed by atoms with Gasteiger partial charge in [0.25, 0.3) is 0 Å². The summed E-state index contributed by atoms with van der Waals surface area (Å²) < 4.78 is 5.35. The van der Waals surface area contributed by atoms with Crippen LogP contribution in [0.15, 0.2) is 6.33 Å². The van der Waals surface area contributed by atoms with E-state index < -0.39 is 0 Å². The standard InChI is InChI=1S/C12H20N4OS/c1-13-11-10(17-2)12(16-8-15-11)14-7-9-3-5-18-6-4-9/h8-9H,3-7H2,1-2H3,(H2,13,14,15,16). The number of hydrogen-bond donors (Lipinski definition) is 2. The lowest BCUT2D eigenvalue weighted by Gasteiger charge is -2.22. The van der Waals surface area contributed by atoms with Crippen molar-refractivity contribution in [1.82, 2.24) is 9.97 Å². The van der Waals surface area contributed by atoms with E-state index in [9.17, 15) is 0 Å². The van der Waals surface area contributed by atoms with E-state index in [0.717, 1.165) is 18.3 Å². The third-order valence-electron chi connectivity index (χ3n) is 3.14. The Labute approximate surface area is 112 Å². The zero-order chi connectivity index (χ0) is 12.8. The molecule has 5 nitrogen and oxygen atoms in total. The molecule has 2 N–H and O–H groups in total. The van der Waals surface area contributed by atoms with Gasteiger partial charge in [0.05, 0.1) is 7.11 Å². The number of anilines is 2. The molecule has 1 saturated heterocycles. The van der Waals surface area contributed by atoms with Crippen molar-refractivity contribution in [3.05, 3.63) is 6.33 Å². The number of hydrogen-bond acceptors (Lipinski definition) is 6. The van der Waals surface area contributed by atoms with Crippen molar-refractivity contribution < 1.29 is 4.74 Å². The van der Waals surface area contributed by atoms with Crippen LogP contribution < -0.4 is 15.4 Å². The van der Waals surface area contributed by atoms with Crippen LogP contribution in [0.4, 0.5) is 11.6 Å². The summed E-state index contributed by atoms with van der Waals surface area (Å²) >= 11 is 2.05. The molecule has 18 heavy (non-hydrogen) atoms. The van der Waals surface area contributed by atoms with Crippen molar-refractivity contribution in [2.24, 2.45) is 5.92 Å². The van der Waals surface area contributed by atoms with Gasteiger partial charge in [0, 0.05) is 13.6 Å². The van der Waals surface area contributed by atoms with Crippen molar-refractivity contribution in [3.63, 3.8) is 0 Å². The van der Waals surface area contributed by atoms with E-state index >= 15 is 0 Å². The van der Waals surface area contributed by atoms with Crippen LogP contribution in [0.25, 0.3) is 0 Å². The van der Waals surface area contributed by atoms with E-state index in [2.05, 4.69) is 20.6 Å². The molecule has 0 aliphatic carbocycles. The van der Waals surface area contributed by atoms with Gasteiger partial charge in [-0.15, -0.1) is 0 Å². The van der Waals surface area contributed by atoms with Gasteiger partial charge in [-0.3, -0.25) is 0 Å². The highest BCUT2D eigenvalue weighted by atomic mass is 32.2. The Balaban J connectivity index is 1.99. The van der Waals surface area contributed by atoms with Crippen LogP contribution in [0.1, 0.15) is 12.8 Å². The number of aromatic nitrogens is 2. The van der Waals surface area contributed by atoms with Gasteiger partial charge in [-0.1, -0.05) is 0 Å². The van der Waals surface area contributed by atoms with E-state index in [4.69, 9.17) is 4.74 Å². The number of ether oxygens (including phenoxy) is 1. The molecule has 2 heterocycles. The molecule has 0 radical (unpaired) electrons. The first-order chi connectivity index (χ1) is 8.85. The Morgan fingerprint density at radius 3 is 2.72 bits per heavy atom. The number of methoxy groups -OCH3 is 1. The molecule has 1 fully saturated rings. The zero-order valence-electron chi connectivity index (χ0n) is 10.9. The molecule has 0 atom stereocenters. The predicted molar refractivity (Wildman–Crippen MR) is 76.7 cm³/mol. The van der Waals surface area contributed by atoms with Crippen LogP contribution in [0.2, 0.25) is 0 Å². The van der Waals surface area contributed by atoms with Crippen molar-refractivity contribution in [1.29, 1.82) is 0 Å². The van der Waals surface area contributed by atoms with Gasteiger partial charge in [0.15, 0.2) is 11.6 Å². The van der Waals surface area contributed by atoms with Gasteiger partial charge < -0.3 is 15.4 Å². The second-order valence-electron chi connectivity index (χ2n) is 4.29. The lowest BCUT2D eigenvalue weighted by molar-refractivity contribution is 0.414. The van der Waals surface area contributed by atoms with E-state index in [1.54, 1.807) is 13.4 Å². The lowest BCUT2D eigenvalue weighted by atomic mass is 10.0. The van der Waals surface area contributed by atoms with Gasteiger partial charge in [-0.2, -0.15) is 11.8 Å². The monoisotopic (exact) mass is 268 g/mol. The molecule has 0 aromatic carbocycles. The molecule has 6 heteroatoms. The minimum atomic E-state index is 0.685. The Kier molecular flexibility index (Phi) is 4.92. The Hall–Kier alpha value is -1.17. The molecule has 0 unspecified atom stereocenters. The summed E-state index contributed by atoms with van der Waals surface area (Å²) in [6.45, 7) is 0.955. The summed E-state index contributed by atoms with van der Waals surface area (Å²) in [7, 11) is 3.47. The van der Waals surface area contributed by atoms with Gasteiger partial charge in [-0.05, 0) is 30.3 Å². The molecule has 100 valence electrons. The lowest BCUT2D eigenvalue weighted by Crippen LogP contribution is -2.20. The van der Waals surface area contributed by atoms with Crippen LogP contribution in [-0.4, -0.2) is 42.2 Å². The van der Waals surface area contributed by atoms with Gasteiger partial charge in [-0.25, -0.2) is 9.97 Å². The third kappa shape index (κ3) is 3.19. The molecular weight excluding hydrogens is 248 g/mol. The smallest absolute Gasteiger partial charge is 0.204 e. The van der Waals surface area contributed by atoms with Crippen LogP contribution in [0.3, 0.4) is 0 Å². The molecule has 1 aromatic heterocycles. The quantitative estimate of drug-likeness (QED) is 0.852. The fourth-order valence-electron chi connectivity index (χ4n) is 2.06. The number of nitrogens with zero attached hydrogens (tertiary/aromatic N) is 2. The third-order valence-corrected chi connectivity index (χ3v) is 4.19. The summed E-state index contributed by atoms with van der Waals surface area (Å²) in [6, 6.07) is 0. The molecule has 2 rings (SSSR count). The largest absolute Gasteiger partial charge is 0.490 e. The van der Waals surface area contributed by atoms with E-state index in [1.165, 1.54) is 24.3 Å². The number of nitrogens with one attached hydrogen (secondary N) is 2. The van der Waals surface area contributed by atoms with E-state index in [0.29, 0.717) is 11.6 Å². The van der Waals surface area contributed by atoms with Crippen molar-refractivity contribution in [2.45, 2.75) is 12.8 Å². The number of thioether (sulfide) groups is 1. The summed E-state index contributed by atoms with van der Waals surface area (Å²) in [5, 5.41) is 6.39. The summed E-state index contributed by atoms with van der Waals surface area (Å²) in [5.74, 6) is 5.46. The molecule has 1 aliphatic rings. The number of rotatable bonds is 5. The van der Waals surface area contributed by atoms with Gasteiger partial charge >= 0.3 is 0 Å². The first kappa shape index (κ1) is 13.3. The molecular formula is C12H20N4OS. The molecule has 1 aromatic rings. The SMILES string of the molecule is CNc1ncnc(NCC2CCSCC2)c1OC. The molecule has 0 amide bonds. The van der Waals surface area contributed by atoms with Crippen LogP contribution in [-0.2, 0) is 0 Å². The van der Waals surface area contributed by atoms with E-state index in [-0.39, 0.29) is 0 Å². The maximum absolute atomic E-state index is 5.35. The zero-order valence-corrected chi connectivity index (χ0v) is 11.7.